The second-order valence-corrected chi connectivity index (χ2v) is 6.80. The second kappa shape index (κ2) is 7.83. The minimum absolute atomic E-state index is 0.0407. The van der Waals surface area contributed by atoms with Gasteiger partial charge in [-0.1, -0.05) is 24.3 Å². The minimum atomic E-state index is -4.99. The molecule has 0 aliphatic rings. The van der Waals surface area contributed by atoms with Gasteiger partial charge in [0.15, 0.2) is 0 Å². The van der Waals surface area contributed by atoms with E-state index in [2.05, 4.69) is 0 Å². The highest BCUT2D eigenvalue weighted by Crippen LogP contribution is 2.36. The third-order valence-electron chi connectivity index (χ3n) is 4.73. The summed E-state index contributed by atoms with van der Waals surface area (Å²) in [6.45, 7) is 0. The van der Waals surface area contributed by atoms with E-state index in [1.807, 2.05) is 0 Å². The largest absolute Gasteiger partial charge is 0.507 e. The molecule has 0 atom stereocenters. The predicted octanol–water partition coefficient (Wildman–Crippen LogP) is 4.21. The first-order chi connectivity index (χ1) is 15.6. The molecule has 4 aromatic rings. The summed E-state index contributed by atoms with van der Waals surface area (Å²) in [5.74, 6) is -1.36. The summed E-state index contributed by atoms with van der Waals surface area (Å²) < 4.78 is 59.1. The number of ether oxygens (including phenoxy) is 1. The Balaban J connectivity index is 1.89. The molecule has 3 aromatic carbocycles. The highest BCUT2D eigenvalue weighted by Gasteiger charge is 2.33. The molecule has 0 spiro atoms. The fourth-order valence-corrected chi connectivity index (χ4v) is 3.23. The van der Waals surface area contributed by atoms with Crippen LogP contribution in [0.1, 0.15) is 11.3 Å². The van der Waals surface area contributed by atoms with Gasteiger partial charge in [0.1, 0.15) is 34.8 Å². The number of nitrogens with one attached hydrogen (secondary N) is 1. The number of rotatable bonds is 3. The standard InChI is InChI=1S/C22H11F4N3O4/c23-14-7-11(10-27)18(33-17-6-2-3-12-13(17)4-1-5-16(12)30)8-15(14)29-20(31)9-19(22(24,25)26)28-21(29)32/h1-9,30H,(H,28,32). The van der Waals surface area contributed by atoms with Crippen molar-refractivity contribution in [3.05, 3.63) is 92.5 Å². The fraction of sp³-hybridized carbons (Fsp3) is 0.0455. The van der Waals surface area contributed by atoms with Crippen LogP contribution in [0.5, 0.6) is 17.2 Å². The van der Waals surface area contributed by atoms with Crippen molar-refractivity contribution < 1.29 is 27.4 Å². The molecule has 0 saturated heterocycles. The molecular weight excluding hydrogens is 446 g/mol. The number of nitriles is 1. The lowest BCUT2D eigenvalue weighted by Gasteiger charge is -2.14. The maximum absolute atomic E-state index is 14.7. The number of fused-ring (bicyclic) bond motifs is 1. The quantitative estimate of drug-likeness (QED) is 0.448. The molecule has 2 N–H and O–H groups in total. The Kier molecular flexibility index (Phi) is 5.13. The van der Waals surface area contributed by atoms with E-state index in [4.69, 9.17) is 4.74 Å². The van der Waals surface area contributed by atoms with Gasteiger partial charge in [-0.25, -0.2) is 13.8 Å². The number of nitrogens with zero attached hydrogens (tertiary/aromatic N) is 2. The van der Waals surface area contributed by atoms with Crippen molar-refractivity contribution in [1.29, 1.82) is 5.26 Å². The van der Waals surface area contributed by atoms with Gasteiger partial charge in [-0.3, -0.25) is 4.79 Å². The molecule has 7 nitrogen and oxygen atoms in total. The Morgan fingerprint density at radius 1 is 1.00 bits per heavy atom. The Bertz CT molecular complexity index is 1530. The number of phenolic OH excluding ortho intramolecular Hbond substituents is 1. The molecule has 4 rings (SSSR count). The third kappa shape index (κ3) is 3.89. The molecule has 0 saturated carbocycles. The Labute approximate surface area is 181 Å². The van der Waals surface area contributed by atoms with Crippen LogP contribution in [0.4, 0.5) is 17.6 Å². The summed E-state index contributed by atoms with van der Waals surface area (Å²) in [4.78, 5) is 25.9. The molecule has 0 fully saturated rings. The van der Waals surface area contributed by atoms with Crippen molar-refractivity contribution in [2.75, 3.05) is 0 Å². The molecule has 1 aromatic heterocycles. The van der Waals surface area contributed by atoms with Crippen LogP contribution in [-0.4, -0.2) is 14.7 Å². The number of H-pyrrole nitrogens is 1. The number of phenols is 1. The Morgan fingerprint density at radius 2 is 1.70 bits per heavy atom. The number of aromatic amines is 1. The lowest BCUT2D eigenvalue weighted by molar-refractivity contribution is -0.141. The molecule has 0 aliphatic heterocycles. The second-order valence-electron chi connectivity index (χ2n) is 6.80. The topological polar surface area (TPSA) is 108 Å². The summed E-state index contributed by atoms with van der Waals surface area (Å²) in [6, 6.07) is 12.7. The average molecular weight is 457 g/mol. The molecule has 0 unspecified atom stereocenters. The molecule has 0 aliphatic carbocycles. The molecule has 0 amide bonds. The van der Waals surface area contributed by atoms with Crippen molar-refractivity contribution in [3.8, 4) is 29.0 Å². The van der Waals surface area contributed by atoms with E-state index in [9.17, 15) is 37.5 Å². The van der Waals surface area contributed by atoms with Gasteiger partial charge >= 0.3 is 11.9 Å². The van der Waals surface area contributed by atoms with E-state index in [1.165, 1.54) is 17.1 Å². The van der Waals surface area contributed by atoms with Crippen molar-refractivity contribution >= 4 is 10.8 Å². The molecule has 166 valence electrons. The maximum atomic E-state index is 14.7. The zero-order valence-corrected chi connectivity index (χ0v) is 16.3. The number of aromatic nitrogens is 2. The van der Waals surface area contributed by atoms with E-state index in [0.717, 1.165) is 6.07 Å². The lowest BCUT2D eigenvalue weighted by Crippen LogP contribution is -2.36. The SMILES string of the molecule is N#Cc1cc(F)c(-n2c(=O)cc(C(F)(F)F)[nH]c2=O)cc1Oc1cccc2c(O)cccc12. The van der Waals surface area contributed by atoms with Gasteiger partial charge in [-0.05, 0) is 18.2 Å². The van der Waals surface area contributed by atoms with Crippen LogP contribution in [-0.2, 0) is 6.18 Å². The number of aromatic hydroxyl groups is 1. The van der Waals surface area contributed by atoms with Crippen LogP contribution in [0.2, 0.25) is 0 Å². The number of hydrogen-bond acceptors (Lipinski definition) is 5. The van der Waals surface area contributed by atoms with Crippen LogP contribution in [0.25, 0.3) is 16.5 Å². The number of hydrogen-bond donors (Lipinski definition) is 2. The zero-order valence-electron chi connectivity index (χ0n) is 16.3. The zero-order chi connectivity index (χ0) is 23.9. The van der Waals surface area contributed by atoms with E-state index in [-0.39, 0.29) is 33.4 Å². The molecule has 1 heterocycles. The smallest absolute Gasteiger partial charge is 0.431 e. The number of alkyl halides is 3. The molecule has 33 heavy (non-hydrogen) atoms. The Hall–Kier alpha value is -4.59. The summed E-state index contributed by atoms with van der Waals surface area (Å²) in [6.07, 6.45) is -4.99. The van der Waals surface area contributed by atoms with Gasteiger partial charge < -0.3 is 14.8 Å². The van der Waals surface area contributed by atoms with Crippen LogP contribution < -0.4 is 16.0 Å². The van der Waals surface area contributed by atoms with Gasteiger partial charge in [0.25, 0.3) is 5.56 Å². The van der Waals surface area contributed by atoms with Crippen LogP contribution in [0.15, 0.2) is 64.2 Å². The van der Waals surface area contributed by atoms with E-state index < -0.39 is 34.6 Å². The molecule has 0 radical (unpaired) electrons. The van der Waals surface area contributed by atoms with Crippen molar-refractivity contribution in [1.82, 2.24) is 9.55 Å². The minimum Gasteiger partial charge on any atom is -0.507 e. The molecule has 11 heteroatoms. The number of benzene rings is 3. The summed E-state index contributed by atoms with van der Waals surface area (Å²) >= 11 is 0. The lowest BCUT2D eigenvalue weighted by atomic mass is 10.1. The molecule has 0 bridgehead atoms. The average Bonchev–Trinajstić information content (AvgIpc) is 2.75. The third-order valence-corrected chi connectivity index (χ3v) is 4.73. The monoisotopic (exact) mass is 457 g/mol. The van der Waals surface area contributed by atoms with Crippen LogP contribution in [0.3, 0.4) is 0 Å². The van der Waals surface area contributed by atoms with Crippen molar-refractivity contribution in [2.45, 2.75) is 6.18 Å². The summed E-state index contributed by atoms with van der Waals surface area (Å²) in [5, 5.41) is 20.3. The van der Waals surface area contributed by atoms with Crippen molar-refractivity contribution in [3.63, 3.8) is 0 Å². The highest BCUT2D eigenvalue weighted by molar-refractivity contribution is 5.93. The molecular formula is C22H11F4N3O4. The van der Waals surface area contributed by atoms with E-state index in [0.29, 0.717) is 16.8 Å². The first-order valence-corrected chi connectivity index (χ1v) is 9.16. The normalized spacial score (nSPS) is 11.4. The Morgan fingerprint density at radius 3 is 2.36 bits per heavy atom. The van der Waals surface area contributed by atoms with Gasteiger partial charge in [-0.2, -0.15) is 18.4 Å². The highest BCUT2D eigenvalue weighted by atomic mass is 19.4. The summed E-state index contributed by atoms with van der Waals surface area (Å²) in [5.41, 5.74) is -5.57. The maximum Gasteiger partial charge on any atom is 0.431 e. The van der Waals surface area contributed by atoms with E-state index >= 15 is 0 Å². The van der Waals surface area contributed by atoms with E-state index in [1.54, 1.807) is 30.3 Å². The van der Waals surface area contributed by atoms with Gasteiger partial charge in [0.2, 0.25) is 0 Å². The fourth-order valence-electron chi connectivity index (χ4n) is 3.23. The van der Waals surface area contributed by atoms with Gasteiger partial charge in [0.05, 0.1) is 11.3 Å². The van der Waals surface area contributed by atoms with Gasteiger partial charge in [-0.15, -0.1) is 0 Å². The van der Waals surface area contributed by atoms with Crippen LogP contribution >= 0.6 is 0 Å². The van der Waals surface area contributed by atoms with Gasteiger partial charge in [0, 0.05) is 22.9 Å². The first kappa shape index (κ1) is 21.6. The first-order valence-electron chi connectivity index (χ1n) is 9.16. The number of halogens is 4. The van der Waals surface area contributed by atoms with Crippen molar-refractivity contribution in [2.24, 2.45) is 0 Å². The van der Waals surface area contributed by atoms with Crippen LogP contribution in [0, 0.1) is 17.1 Å². The predicted molar refractivity (Wildman–Crippen MR) is 108 cm³/mol. The summed E-state index contributed by atoms with van der Waals surface area (Å²) in [7, 11) is 0.